The van der Waals surface area contributed by atoms with Crippen molar-refractivity contribution in [3.05, 3.63) is 65.4 Å². The zero-order valence-electron chi connectivity index (χ0n) is 17.3. The Morgan fingerprint density at radius 3 is 2.28 bits per heavy atom. The predicted octanol–water partition coefficient (Wildman–Crippen LogP) is 2.68. The van der Waals surface area contributed by atoms with Gasteiger partial charge in [0.1, 0.15) is 6.33 Å². The van der Waals surface area contributed by atoms with E-state index in [4.69, 9.17) is 11.6 Å². The van der Waals surface area contributed by atoms with E-state index in [-0.39, 0.29) is 0 Å². The van der Waals surface area contributed by atoms with Crippen LogP contribution in [-0.2, 0) is 10.0 Å². The van der Waals surface area contributed by atoms with E-state index in [1.54, 1.807) is 28.9 Å². The molecule has 164 valence electrons. The van der Waals surface area contributed by atoms with Crippen molar-refractivity contribution in [2.75, 3.05) is 31.1 Å². The van der Waals surface area contributed by atoms with E-state index in [1.165, 1.54) is 10.6 Å². The van der Waals surface area contributed by atoms with Crippen LogP contribution < -0.4 is 4.90 Å². The molecule has 2 aromatic carbocycles. The van der Waals surface area contributed by atoms with Crippen LogP contribution >= 0.6 is 11.6 Å². The summed E-state index contributed by atoms with van der Waals surface area (Å²) in [6.07, 6.45) is 1.48. The van der Waals surface area contributed by atoms with Crippen LogP contribution in [0.3, 0.4) is 0 Å². The van der Waals surface area contributed by atoms with Crippen LogP contribution in [0.5, 0.6) is 0 Å². The van der Waals surface area contributed by atoms with Gasteiger partial charge in [-0.3, -0.25) is 0 Å². The molecule has 0 atom stereocenters. The average molecular weight is 470 g/mol. The molecule has 5 rings (SSSR count). The number of halogens is 1. The maximum Gasteiger partial charge on any atom is 0.243 e. The topological polar surface area (TPSA) is 97.1 Å². The summed E-state index contributed by atoms with van der Waals surface area (Å²) in [6.45, 7) is 3.62. The number of hydrogen-bond acceptors (Lipinski definition) is 7. The van der Waals surface area contributed by atoms with E-state index >= 15 is 0 Å². The van der Waals surface area contributed by atoms with E-state index in [9.17, 15) is 8.42 Å². The molecule has 32 heavy (non-hydrogen) atoms. The third kappa shape index (κ3) is 3.70. The zero-order chi connectivity index (χ0) is 22.3. The number of fused-ring (bicyclic) bond motifs is 1. The Bertz CT molecular complexity index is 1360. The second-order valence-corrected chi connectivity index (χ2v) is 9.93. The number of anilines is 1. The van der Waals surface area contributed by atoms with Crippen LogP contribution in [0.4, 0.5) is 5.82 Å². The van der Waals surface area contributed by atoms with E-state index in [2.05, 4.69) is 20.3 Å². The molecule has 0 N–H and O–H groups in total. The molecule has 3 heterocycles. The number of aromatic nitrogens is 5. The summed E-state index contributed by atoms with van der Waals surface area (Å²) in [6, 6.07) is 14.2. The summed E-state index contributed by atoms with van der Waals surface area (Å²) >= 11 is 5.98. The zero-order valence-corrected chi connectivity index (χ0v) is 18.8. The summed E-state index contributed by atoms with van der Waals surface area (Å²) in [5.41, 5.74) is 2.95. The fourth-order valence-electron chi connectivity index (χ4n) is 3.72. The van der Waals surface area contributed by atoms with E-state index in [0.29, 0.717) is 53.1 Å². The van der Waals surface area contributed by atoms with Gasteiger partial charge in [0.15, 0.2) is 17.0 Å². The lowest BCUT2D eigenvalue weighted by atomic mass is 10.2. The lowest BCUT2D eigenvalue weighted by Gasteiger charge is -2.34. The molecule has 1 aliphatic rings. The van der Waals surface area contributed by atoms with Crippen molar-refractivity contribution in [2.24, 2.45) is 0 Å². The molecule has 0 aliphatic carbocycles. The minimum Gasteiger partial charge on any atom is -0.352 e. The fourth-order valence-corrected chi connectivity index (χ4v) is 5.27. The molecular formula is C21H20ClN7O2S. The van der Waals surface area contributed by atoms with E-state index in [0.717, 1.165) is 11.3 Å². The van der Waals surface area contributed by atoms with E-state index in [1.807, 2.05) is 36.1 Å². The van der Waals surface area contributed by atoms with Crippen LogP contribution in [0.1, 0.15) is 5.56 Å². The highest BCUT2D eigenvalue weighted by Gasteiger charge is 2.30. The quantitative estimate of drug-likeness (QED) is 0.453. The standard InChI is InChI=1S/C21H20ClN7O2S/c1-15-2-8-18(9-3-15)32(30,31)28-12-10-27(11-13-28)20-19-21(24-14-23-20)29(26-25-19)17-6-4-16(22)5-7-17/h2-9,14H,10-13H2,1H3. The summed E-state index contributed by atoms with van der Waals surface area (Å²) < 4.78 is 29.1. The van der Waals surface area contributed by atoms with Gasteiger partial charge in [0.25, 0.3) is 0 Å². The number of nitrogens with zero attached hydrogens (tertiary/aromatic N) is 7. The van der Waals surface area contributed by atoms with Crippen molar-refractivity contribution >= 4 is 38.6 Å². The van der Waals surface area contributed by atoms with Crippen molar-refractivity contribution in [3.63, 3.8) is 0 Å². The molecule has 0 unspecified atom stereocenters. The first-order chi connectivity index (χ1) is 15.4. The van der Waals surface area contributed by atoms with E-state index < -0.39 is 10.0 Å². The van der Waals surface area contributed by atoms with Crippen molar-refractivity contribution in [3.8, 4) is 5.69 Å². The highest BCUT2D eigenvalue weighted by atomic mass is 35.5. The number of hydrogen-bond donors (Lipinski definition) is 0. The Morgan fingerprint density at radius 1 is 0.906 bits per heavy atom. The van der Waals surface area contributed by atoms with Crippen LogP contribution in [0.25, 0.3) is 16.9 Å². The van der Waals surface area contributed by atoms with Crippen LogP contribution in [-0.4, -0.2) is 63.9 Å². The molecule has 2 aromatic heterocycles. The Morgan fingerprint density at radius 2 is 1.59 bits per heavy atom. The molecule has 9 nitrogen and oxygen atoms in total. The molecule has 4 aromatic rings. The maximum absolute atomic E-state index is 13.0. The minimum atomic E-state index is -3.53. The molecule has 11 heteroatoms. The lowest BCUT2D eigenvalue weighted by Crippen LogP contribution is -2.49. The molecule has 0 amide bonds. The first-order valence-electron chi connectivity index (χ1n) is 10.1. The van der Waals surface area contributed by atoms with Crippen LogP contribution in [0.2, 0.25) is 5.02 Å². The summed E-state index contributed by atoms with van der Waals surface area (Å²) in [5.74, 6) is 0.641. The Balaban J connectivity index is 1.38. The molecule has 0 spiro atoms. The van der Waals surface area contributed by atoms with Gasteiger partial charge in [-0.15, -0.1) is 5.10 Å². The van der Waals surface area contributed by atoms with Gasteiger partial charge in [-0.05, 0) is 43.3 Å². The minimum absolute atomic E-state index is 0.312. The fraction of sp³-hybridized carbons (Fsp3) is 0.238. The van der Waals surface area contributed by atoms with Crippen molar-refractivity contribution in [2.45, 2.75) is 11.8 Å². The summed E-state index contributed by atoms with van der Waals surface area (Å²) in [4.78, 5) is 11.1. The van der Waals surface area contributed by atoms with Crippen molar-refractivity contribution in [1.29, 1.82) is 0 Å². The largest absolute Gasteiger partial charge is 0.352 e. The molecule has 0 radical (unpaired) electrons. The number of rotatable bonds is 4. The third-order valence-electron chi connectivity index (χ3n) is 5.49. The molecular weight excluding hydrogens is 450 g/mol. The monoisotopic (exact) mass is 469 g/mol. The molecule has 1 saturated heterocycles. The van der Waals surface area contributed by atoms with Crippen molar-refractivity contribution < 1.29 is 8.42 Å². The second kappa shape index (κ2) is 8.12. The Labute approximate surface area is 190 Å². The van der Waals surface area contributed by atoms with Gasteiger partial charge in [0, 0.05) is 31.2 Å². The summed E-state index contributed by atoms with van der Waals surface area (Å²) in [7, 11) is -3.53. The lowest BCUT2D eigenvalue weighted by molar-refractivity contribution is 0.384. The van der Waals surface area contributed by atoms with Gasteiger partial charge in [0.2, 0.25) is 10.0 Å². The van der Waals surface area contributed by atoms with Crippen LogP contribution in [0, 0.1) is 6.92 Å². The van der Waals surface area contributed by atoms with Gasteiger partial charge >= 0.3 is 0 Å². The molecule has 0 bridgehead atoms. The highest BCUT2D eigenvalue weighted by molar-refractivity contribution is 7.89. The number of benzene rings is 2. The second-order valence-electron chi connectivity index (χ2n) is 7.55. The van der Waals surface area contributed by atoms with Gasteiger partial charge in [0.05, 0.1) is 10.6 Å². The number of piperazine rings is 1. The molecule has 1 aliphatic heterocycles. The van der Waals surface area contributed by atoms with Gasteiger partial charge in [-0.25, -0.2) is 18.4 Å². The predicted molar refractivity (Wildman–Crippen MR) is 122 cm³/mol. The average Bonchev–Trinajstić information content (AvgIpc) is 3.24. The Hall–Kier alpha value is -3.08. The first kappa shape index (κ1) is 20.8. The normalized spacial score (nSPS) is 15.4. The number of aryl methyl sites for hydroxylation is 1. The maximum atomic E-state index is 13.0. The van der Waals surface area contributed by atoms with Gasteiger partial charge in [-0.1, -0.05) is 34.5 Å². The Kier molecular flexibility index (Phi) is 5.28. The highest BCUT2D eigenvalue weighted by Crippen LogP contribution is 2.25. The SMILES string of the molecule is Cc1ccc(S(=O)(=O)N2CCN(c3ncnc4c3nnn4-c3ccc(Cl)cc3)CC2)cc1. The van der Waals surface area contributed by atoms with Gasteiger partial charge < -0.3 is 4.90 Å². The number of sulfonamides is 1. The molecule has 0 saturated carbocycles. The smallest absolute Gasteiger partial charge is 0.243 e. The first-order valence-corrected chi connectivity index (χ1v) is 11.9. The van der Waals surface area contributed by atoms with Crippen molar-refractivity contribution in [1.82, 2.24) is 29.3 Å². The third-order valence-corrected chi connectivity index (χ3v) is 7.65. The van der Waals surface area contributed by atoms with Crippen LogP contribution in [0.15, 0.2) is 59.8 Å². The summed E-state index contributed by atoms with van der Waals surface area (Å²) in [5, 5.41) is 9.17. The van der Waals surface area contributed by atoms with Gasteiger partial charge in [-0.2, -0.15) is 8.99 Å². The molecule has 1 fully saturated rings.